The second kappa shape index (κ2) is 13.3. The Hall–Kier alpha value is -6.52. The van der Waals surface area contributed by atoms with E-state index in [0.717, 1.165) is 5.69 Å². The van der Waals surface area contributed by atoms with Gasteiger partial charge >= 0.3 is 0 Å². The van der Waals surface area contributed by atoms with Gasteiger partial charge in [-0.2, -0.15) is 0 Å². The molecule has 9 aromatic carbocycles. The zero-order chi connectivity index (χ0) is 38.2. The second-order valence-electron chi connectivity index (χ2n) is 15.1. The summed E-state index contributed by atoms with van der Waals surface area (Å²) in [5.41, 5.74) is 15.7. The molecule has 3 heterocycles. The molecular formula is C55H35NS2. The van der Waals surface area contributed by atoms with Gasteiger partial charge < -0.3 is 4.57 Å². The number of nitrogens with zero attached hydrogens (tertiary/aromatic N) is 1. The third-order valence-corrected chi connectivity index (χ3v) is 14.4. The van der Waals surface area contributed by atoms with Crippen molar-refractivity contribution in [2.45, 2.75) is 25.0 Å². The third kappa shape index (κ3) is 4.81. The van der Waals surface area contributed by atoms with E-state index in [1.807, 2.05) is 23.5 Å². The molecule has 0 saturated carbocycles. The molecule has 0 aliphatic carbocycles. The SMILES string of the molecule is c1ccc(-c2ccc3c(c2-c2ccccc2)C2(c4ccccc4Sc4cccc(-c5cccc6c7ccccc7n(-c7ccccc7)c56)c42)c2ccccc2S3)cc1. The molecule has 12 rings (SSSR count). The molecule has 58 heavy (non-hydrogen) atoms. The lowest BCUT2D eigenvalue weighted by atomic mass is 9.61. The Labute approximate surface area is 346 Å². The maximum Gasteiger partial charge on any atom is 0.0757 e. The topological polar surface area (TPSA) is 4.93 Å². The molecule has 0 radical (unpaired) electrons. The minimum Gasteiger partial charge on any atom is -0.309 e. The molecule has 0 amide bonds. The molecule has 2 aliphatic rings. The number of hydrogen-bond donors (Lipinski definition) is 0. The molecule has 1 spiro atoms. The van der Waals surface area contributed by atoms with Gasteiger partial charge in [-0.05, 0) is 92.5 Å². The summed E-state index contributed by atoms with van der Waals surface area (Å²) >= 11 is 3.82. The van der Waals surface area contributed by atoms with Gasteiger partial charge in [-0.15, -0.1) is 0 Å². The zero-order valence-corrected chi connectivity index (χ0v) is 33.1. The number of aromatic nitrogens is 1. The minimum atomic E-state index is -0.660. The maximum absolute atomic E-state index is 2.48. The molecule has 0 bridgehead atoms. The van der Waals surface area contributed by atoms with Gasteiger partial charge in [0.1, 0.15) is 0 Å². The highest BCUT2D eigenvalue weighted by Gasteiger charge is 2.51. The lowest BCUT2D eigenvalue weighted by molar-refractivity contribution is 0.671. The molecule has 2 aliphatic heterocycles. The minimum absolute atomic E-state index is 0.660. The Bertz CT molecular complexity index is 3180. The van der Waals surface area contributed by atoms with Crippen molar-refractivity contribution < 1.29 is 0 Å². The summed E-state index contributed by atoms with van der Waals surface area (Å²) in [6.45, 7) is 0. The van der Waals surface area contributed by atoms with E-state index in [1.54, 1.807) is 0 Å². The normalized spacial score (nSPS) is 15.2. The molecule has 0 saturated heterocycles. The highest BCUT2D eigenvalue weighted by Crippen LogP contribution is 2.65. The lowest BCUT2D eigenvalue weighted by Crippen LogP contribution is -2.38. The maximum atomic E-state index is 2.48. The van der Waals surface area contributed by atoms with Gasteiger partial charge in [0, 0.05) is 41.6 Å². The van der Waals surface area contributed by atoms with Crippen molar-refractivity contribution in [3.63, 3.8) is 0 Å². The van der Waals surface area contributed by atoms with E-state index in [1.165, 1.54) is 97.0 Å². The first kappa shape index (κ1) is 33.6. The van der Waals surface area contributed by atoms with E-state index >= 15 is 0 Å². The lowest BCUT2D eigenvalue weighted by Gasteiger charge is -2.47. The molecule has 1 aromatic heterocycles. The number of fused-ring (bicyclic) bond motifs is 11. The Kier molecular flexibility index (Phi) is 7.69. The van der Waals surface area contributed by atoms with E-state index < -0.39 is 5.41 Å². The molecule has 272 valence electrons. The zero-order valence-electron chi connectivity index (χ0n) is 31.5. The van der Waals surface area contributed by atoms with Crippen LogP contribution in [0, 0.1) is 0 Å². The summed E-state index contributed by atoms with van der Waals surface area (Å²) in [4.78, 5) is 5.16. The van der Waals surface area contributed by atoms with Crippen LogP contribution in [0.15, 0.2) is 232 Å². The summed E-state index contributed by atoms with van der Waals surface area (Å²) in [6, 6.07) is 78.9. The second-order valence-corrected chi connectivity index (χ2v) is 17.3. The van der Waals surface area contributed by atoms with Crippen molar-refractivity contribution >= 4 is 45.3 Å². The van der Waals surface area contributed by atoms with Crippen LogP contribution in [0.2, 0.25) is 0 Å². The molecule has 1 nitrogen and oxygen atoms in total. The fourth-order valence-corrected chi connectivity index (χ4v) is 12.3. The molecule has 1 unspecified atom stereocenters. The number of hydrogen-bond acceptors (Lipinski definition) is 2. The van der Waals surface area contributed by atoms with Crippen LogP contribution in [0.5, 0.6) is 0 Å². The average molecular weight is 774 g/mol. The number of para-hydroxylation sites is 3. The predicted octanol–water partition coefficient (Wildman–Crippen LogP) is 15.1. The standard InChI is InChI=1S/C55H35NS2/c1-4-18-36(19-5-1)39-34-35-50-53(51(39)37-20-6-2-7-21-37)55(45-29-12-15-32-48(45)58-50)44-28-11-14-31-47(44)57-49-33-17-25-41(52(49)55)43-27-16-26-42-40-24-10-13-30-46(40)56(54(42)43)38-22-8-3-9-23-38/h1-35H. The van der Waals surface area contributed by atoms with Crippen molar-refractivity contribution in [2.75, 3.05) is 0 Å². The van der Waals surface area contributed by atoms with Gasteiger partial charge in [-0.1, -0.05) is 193 Å². The van der Waals surface area contributed by atoms with Crippen LogP contribution in [0.4, 0.5) is 0 Å². The van der Waals surface area contributed by atoms with Gasteiger partial charge in [-0.3, -0.25) is 0 Å². The van der Waals surface area contributed by atoms with Crippen LogP contribution in [0.3, 0.4) is 0 Å². The third-order valence-electron chi connectivity index (χ3n) is 12.1. The number of benzene rings is 9. The van der Waals surface area contributed by atoms with Crippen molar-refractivity contribution in [1.82, 2.24) is 4.57 Å². The van der Waals surface area contributed by atoms with E-state index in [4.69, 9.17) is 0 Å². The smallest absolute Gasteiger partial charge is 0.0757 e. The van der Waals surface area contributed by atoms with Gasteiger partial charge in [0.2, 0.25) is 0 Å². The summed E-state index contributed by atoms with van der Waals surface area (Å²) in [5, 5.41) is 2.51. The van der Waals surface area contributed by atoms with Crippen LogP contribution in [-0.2, 0) is 5.41 Å². The van der Waals surface area contributed by atoms with E-state index in [2.05, 4.69) is 217 Å². The summed E-state index contributed by atoms with van der Waals surface area (Å²) in [7, 11) is 0. The van der Waals surface area contributed by atoms with Gasteiger partial charge in [0.25, 0.3) is 0 Å². The molecule has 1 atom stereocenters. The Morgan fingerprint density at radius 2 is 0.879 bits per heavy atom. The van der Waals surface area contributed by atoms with E-state index in [9.17, 15) is 0 Å². The Balaban J connectivity index is 1.29. The van der Waals surface area contributed by atoms with Crippen molar-refractivity contribution in [3.05, 3.63) is 235 Å². The van der Waals surface area contributed by atoms with Crippen LogP contribution in [0.1, 0.15) is 22.3 Å². The van der Waals surface area contributed by atoms with Crippen molar-refractivity contribution in [3.8, 4) is 39.1 Å². The van der Waals surface area contributed by atoms with Crippen LogP contribution >= 0.6 is 23.5 Å². The molecule has 3 heteroatoms. The first-order chi connectivity index (χ1) is 28.8. The highest BCUT2D eigenvalue weighted by molar-refractivity contribution is 8.00. The summed E-state index contributed by atoms with van der Waals surface area (Å²) < 4.78 is 2.48. The molecule has 0 fully saturated rings. The van der Waals surface area contributed by atoms with Crippen LogP contribution < -0.4 is 0 Å². The first-order valence-corrected chi connectivity index (χ1v) is 21.5. The Morgan fingerprint density at radius 3 is 1.60 bits per heavy atom. The first-order valence-electron chi connectivity index (χ1n) is 19.9. The summed E-state index contributed by atoms with van der Waals surface area (Å²) in [5.74, 6) is 0. The fourth-order valence-electron chi connectivity index (χ4n) is 9.89. The average Bonchev–Trinajstić information content (AvgIpc) is 3.64. The molecule has 10 aromatic rings. The largest absolute Gasteiger partial charge is 0.309 e. The van der Waals surface area contributed by atoms with E-state index in [0.29, 0.717) is 0 Å². The van der Waals surface area contributed by atoms with Gasteiger partial charge in [0.05, 0.1) is 16.4 Å². The quantitative estimate of drug-likeness (QED) is 0.175. The molecular weight excluding hydrogens is 739 g/mol. The highest BCUT2D eigenvalue weighted by atomic mass is 32.2. The van der Waals surface area contributed by atoms with Gasteiger partial charge in [0.15, 0.2) is 0 Å². The van der Waals surface area contributed by atoms with Crippen molar-refractivity contribution in [1.29, 1.82) is 0 Å². The van der Waals surface area contributed by atoms with E-state index in [-0.39, 0.29) is 0 Å². The molecule has 0 N–H and O–H groups in total. The predicted molar refractivity (Wildman–Crippen MR) is 244 cm³/mol. The monoisotopic (exact) mass is 773 g/mol. The van der Waals surface area contributed by atoms with Gasteiger partial charge in [-0.25, -0.2) is 0 Å². The Morgan fingerprint density at radius 1 is 0.345 bits per heavy atom. The summed E-state index contributed by atoms with van der Waals surface area (Å²) in [6.07, 6.45) is 0. The van der Waals surface area contributed by atoms with Crippen LogP contribution in [0.25, 0.3) is 60.9 Å². The van der Waals surface area contributed by atoms with Crippen molar-refractivity contribution in [2.24, 2.45) is 0 Å². The number of rotatable bonds is 4. The fraction of sp³-hybridized carbons (Fsp3) is 0.0182. The van der Waals surface area contributed by atoms with Crippen LogP contribution in [-0.4, -0.2) is 4.57 Å².